The van der Waals surface area contributed by atoms with E-state index in [0.717, 1.165) is 0 Å². The van der Waals surface area contributed by atoms with Crippen LogP contribution in [0.15, 0.2) is 28.9 Å². The van der Waals surface area contributed by atoms with Crippen LogP contribution in [0.25, 0.3) is 0 Å². The summed E-state index contributed by atoms with van der Waals surface area (Å²) in [4.78, 5) is 14.8. The predicted molar refractivity (Wildman–Crippen MR) is 35.6 cm³/mol. The molecule has 0 saturated carbocycles. The zero-order valence-corrected chi connectivity index (χ0v) is 5.20. The summed E-state index contributed by atoms with van der Waals surface area (Å²) in [6, 6.07) is 0. The van der Waals surface area contributed by atoms with Crippen LogP contribution < -0.4 is 0 Å². The van der Waals surface area contributed by atoms with Gasteiger partial charge in [0.1, 0.15) is 6.61 Å². The molecule has 2 aliphatic heterocycles. The second kappa shape index (κ2) is 1.80. The Labute approximate surface area is 57.7 Å². The van der Waals surface area contributed by atoms with Crippen LogP contribution in [0, 0.1) is 0 Å². The minimum atomic E-state index is -0.0116. The van der Waals surface area contributed by atoms with Crippen molar-refractivity contribution < 1.29 is 9.53 Å². The van der Waals surface area contributed by atoms with E-state index in [0.29, 0.717) is 18.1 Å². The molecule has 0 atom stereocenters. The number of carbonyl (C=O) groups is 1. The quantitative estimate of drug-likeness (QED) is 0.483. The summed E-state index contributed by atoms with van der Waals surface area (Å²) >= 11 is 0. The average molecular weight is 135 g/mol. The van der Waals surface area contributed by atoms with Gasteiger partial charge in [-0.3, -0.25) is 4.79 Å². The zero-order chi connectivity index (χ0) is 6.97. The summed E-state index contributed by atoms with van der Waals surface area (Å²) < 4.78 is 5.01. The van der Waals surface area contributed by atoms with Crippen LogP contribution in [0.5, 0.6) is 0 Å². The fraction of sp³-hybridized carbons (Fsp3) is 0.143. The number of aliphatic imine (C=N–C) groups is 1. The number of fused-ring (bicyclic) bond motifs is 1. The van der Waals surface area contributed by atoms with Crippen LogP contribution >= 0.6 is 0 Å². The third-order valence-electron chi connectivity index (χ3n) is 1.42. The molecule has 3 heteroatoms. The summed E-state index contributed by atoms with van der Waals surface area (Å²) in [6.07, 6.45) is 4.63. The molecule has 0 saturated heterocycles. The molecule has 2 heterocycles. The maximum Gasteiger partial charge on any atom is 0.224 e. The lowest BCUT2D eigenvalue weighted by Crippen LogP contribution is -2.10. The molecule has 0 aromatic carbocycles. The van der Waals surface area contributed by atoms with E-state index in [1.165, 1.54) is 12.3 Å². The van der Waals surface area contributed by atoms with Crippen molar-refractivity contribution in [2.75, 3.05) is 6.61 Å². The van der Waals surface area contributed by atoms with Crippen LogP contribution in [0.1, 0.15) is 0 Å². The molecule has 2 rings (SSSR count). The Morgan fingerprint density at radius 2 is 2.50 bits per heavy atom. The standard InChI is InChI=1S/C7H5NO2/c9-6-1-3-8-7-5(6)2-4-10-7/h1-3H,4H2. The minimum absolute atomic E-state index is 0.0116. The highest BCUT2D eigenvalue weighted by molar-refractivity contribution is 6.25. The van der Waals surface area contributed by atoms with Crippen molar-refractivity contribution in [2.45, 2.75) is 0 Å². The van der Waals surface area contributed by atoms with Crippen LogP contribution in [0.3, 0.4) is 0 Å². The van der Waals surface area contributed by atoms with Gasteiger partial charge in [-0.05, 0) is 6.08 Å². The summed E-state index contributed by atoms with van der Waals surface area (Å²) in [5, 5.41) is 0. The molecule has 0 spiro atoms. The molecule has 0 radical (unpaired) electrons. The fourth-order valence-corrected chi connectivity index (χ4v) is 0.944. The number of nitrogens with zero attached hydrogens (tertiary/aromatic N) is 1. The van der Waals surface area contributed by atoms with E-state index in [-0.39, 0.29) is 5.78 Å². The SMILES string of the molecule is O=C1C=CN=C2OCC=C12. The highest BCUT2D eigenvalue weighted by Gasteiger charge is 2.21. The maximum atomic E-state index is 11.0. The van der Waals surface area contributed by atoms with Gasteiger partial charge in [-0.1, -0.05) is 0 Å². The normalized spacial score (nSPS) is 21.4. The van der Waals surface area contributed by atoms with E-state index < -0.39 is 0 Å². The molecular weight excluding hydrogens is 130 g/mol. The molecule has 0 amide bonds. The van der Waals surface area contributed by atoms with Crippen molar-refractivity contribution in [3.8, 4) is 0 Å². The number of rotatable bonds is 0. The number of hydrogen-bond acceptors (Lipinski definition) is 3. The minimum Gasteiger partial charge on any atom is -0.473 e. The Morgan fingerprint density at radius 3 is 3.30 bits per heavy atom. The molecule has 50 valence electrons. The maximum absolute atomic E-state index is 11.0. The van der Waals surface area contributed by atoms with Crippen molar-refractivity contribution in [2.24, 2.45) is 4.99 Å². The van der Waals surface area contributed by atoms with Crippen molar-refractivity contribution >= 4 is 11.7 Å². The van der Waals surface area contributed by atoms with Crippen molar-refractivity contribution in [1.29, 1.82) is 0 Å². The van der Waals surface area contributed by atoms with Gasteiger partial charge in [0, 0.05) is 12.3 Å². The van der Waals surface area contributed by atoms with E-state index in [1.54, 1.807) is 6.08 Å². The van der Waals surface area contributed by atoms with E-state index in [4.69, 9.17) is 4.74 Å². The summed E-state index contributed by atoms with van der Waals surface area (Å²) in [5.74, 6) is 0.454. The summed E-state index contributed by atoms with van der Waals surface area (Å²) in [6.45, 7) is 0.474. The van der Waals surface area contributed by atoms with Gasteiger partial charge in [0.25, 0.3) is 0 Å². The van der Waals surface area contributed by atoms with Gasteiger partial charge in [-0.15, -0.1) is 0 Å². The third-order valence-corrected chi connectivity index (χ3v) is 1.42. The Hall–Kier alpha value is -1.38. The second-order valence-corrected chi connectivity index (χ2v) is 2.04. The molecule has 0 aliphatic carbocycles. The second-order valence-electron chi connectivity index (χ2n) is 2.04. The van der Waals surface area contributed by atoms with Gasteiger partial charge >= 0.3 is 0 Å². The van der Waals surface area contributed by atoms with Crippen molar-refractivity contribution in [1.82, 2.24) is 0 Å². The molecule has 0 N–H and O–H groups in total. The monoisotopic (exact) mass is 135 g/mol. The number of allylic oxidation sites excluding steroid dienone is 1. The lowest BCUT2D eigenvalue weighted by Gasteiger charge is -2.01. The first-order valence-electron chi connectivity index (χ1n) is 3.00. The number of ketones is 1. The first-order chi connectivity index (χ1) is 4.88. The molecule has 0 fully saturated rings. The van der Waals surface area contributed by atoms with Crippen molar-refractivity contribution in [3.63, 3.8) is 0 Å². The molecule has 2 aliphatic rings. The predicted octanol–water partition coefficient (Wildman–Crippen LogP) is 0.438. The van der Waals surface area contributed by atoms with E-state index in [9.17, 15) is 4.79 Å². The highest BCUT2D eigenvalue weighted by Crippen LogP contribution is 2.13. The topological polar surface area (TPSA) is 38.7 Å². The molecule has 3 nitrogen and oxygen atoms in total. The lowest BCUT2D eigenvalue weighted by molar-refractivity contribution is -0.111. The van der Waals surface area contributed by atoms with Crippen LogP contribution in [-0.4, -0.2) is 18.3 Å². The first kappa shape index (κ1) is 5.41. The molecule has 0 aromatic heterocycles. The summed E-state index contributed by atoms with van der Waals surface area (Å²) in [7, 11) is 0. The zero-order valence-electron chi connectivity index (χ0n) is 5.20. The Bertz CT molecular complexity index is 273. The Kier molecular flexibility index (Phi) is 0.974. The molecule has 0 unspecified atom stereocenters. The molecule has 0 bridgehead atoms. The van der Waals surface area contributed by atoms with E-state index in [2.05, 4.69) is 4.99 Å². The summed E-state index contributed by atoms with van der Waals surface area (Å²) in [5.41, 5.74) is 0.600. The third kappa shape index (κ3) is 0.603. The van der Waals surface area contributed by atoms with Crippen LogP contribution in [-0.2, 0) is 9.53 Å². The Balaban J connectivity index is 2.48. The molecule has 10 heavy (non-hydrogen) atoms. The fourth-order valence-electron chi connectivity index (χ4n) is 0.944. The van der Waals surface area contributed by atoms with Gasteiger partial charge in [0.15, 0.2) is 5.78 Å². The first-order valence-corrected chi connectivity index (χ1v) is 3.00. The van der Waals surface area contributed by atoms with Crippen LogP contribution in [0.2, 0.25) is 0 Å². The van der Waals surface area contributed by atoms with E-state index in [1.807, 2.05) is 0 Å². The number of ether oxygens (including phenoxy) is 1. The van der Waals surface area contributed by atoms with Gasteiger partial charge in [-0.2, -0.15) is 0 Å². The van der Waals surface area contributed by atoms with Gasteiger partial charge in [0.05, 0.1) is 5.57 Å². The average Bonchev–Trinajstić information content (AvgIpc) is 2.36. The van der Waals surface area contributed by atoms with E-state index >= 15 is 0 Å². The highest BCUT2D eigenvalue weighted by atomic mass is 16.5. The Morgan fingerprint density at radius 1 is 1.60 bits per heavy atom. The lowest BCUT2D eigenvalue weighted by atomic mass is 10.1. The van der Waals surface area contributed by atoms with Crippen LogP contribution in [0.4, 0.5) is 0 Å². The number of hydrogen-bond donors (Lipinski definition) is 0. The molecular formula is C7H5NO2. The van der Waals surface area contributed by atoms with Gasteiger partial charge in [-0.25, -0.2) is 4.99 Å². The van der Waals surface area contributed by atoms with Gasteiger partial charge < -0.3 is 4.74 Å². The number of carbonyl (C=O) groups excluding carboxylic acids is 1. The largest absolute Gasteiger partial charge is 0.473 e. The smallest absolute Gasteiger partial charge is 0.224 e. The molecule has 0 aromatic rings. The van der Waals surface area contributed by atoms with Crippen molar-refractivity contribution in [3.05, 3.63) is 23.9 Å². The van der Waals surface area contributed by atoms with Gasteiger partial charge in [0.2, 0.25) is 5.90 Å².